The van der Waals surface area contributed by atoms with Gasteiger partial charge in [0.05, 0.1) is 65.0 Å². The van der Waals surface area contributed by atoms with Crippen molar-refractivity contribution in [2.75, 3.05) is 84.5 Å². The predicted molar refractivity (Wildman–Crippen MR) is 133 cm³/mol. The van der Waals surface area contributed by atoms with Gasteiger partial charge in [0.15, 0.2) is 6.29 Å². The summed E-state index contributed by atoms with van der Waals surface area (Å²) >= 11 is 0. The molecule has 9 nitrogen and oxygen atoms in total. The Morgan fingerprint density at radius 1 is 0.857 bits per heavy atom. The second-order valence-electron chi connectivity index (χ2n) is 8.11. The molecule has 1 heterocycles. The zero-order valence-electron chi connectivity index (χ0n) is 21.2. The highest BCUT2D eigenvalue weighted by molar-refractivity contribution is 5.89. The van der Waals surface area contributed by atoms with Crippen molar-refractivity contribution >= 4 is 11.7 Å². The fourth-order valence-electron chi connectivity index (χ4n) is 3.25. The van der Waals surface area contributed by atoms with Gasteiger partial charge in [0.1, 0.15) is 6.61 Å². The maximum atomic E-state index is 12.1. The number of rotatable bonds is 21. The van der Waals surface area contributed by atoms with E-state index >= 15 is 0 Å². The minimum atomic E-state index is -0.350. The molecule has 1 aliphatic heterocycles. The normalized spacial score (nSPS) is 15.7. The zero-order valence-corrected chi connectivity index (χ0v) is 21.2. The standard InChI is InChI=1S/C26H43NO8/c1-2-3-11-27-24-9-7-23(8-10-24)26(28)35-22-20-32-18-16-30-14-13-29-15-17-31-19-21-34-25-6-4-5-12-33-25/h7-10,25,27H,2-6,11-22H2,1H3. The lowest BCUT2D eigenvalue weighted by molar-refractivity contribution is -0.169. The number of esters is 1. The van der Waals surface area contributed by atoms with E-state index in [2.05, 4.69) is 12.2 Å². The van der Waals surface area contributed by atoms with Gasteiger partial charge >= 0.3 is 5.97 Å². The lowest BCUT2D eigenvalue weighted by Gasteiger charge is -2.22. The highest BCUT2D eigenvalue weighted by Crippen LogP contribution is 2.13. The van der Waals surface area contributed by atoms with Gasteiger partial charge in [0, 0.05) is 18.8 Å². The number of nitrogens with one attached hydrogen (secondary N) is 1. The molecule has 9 heteroatoms. The van der Waals surface area contributed by atoms with E-state index < -0.39 is 0 Å². The molecule has 0 amide bonds. The summed E-state index contributed by atoms with van der Waals surface area (Å²) in [6.45, 7) is 8.40. The Kier molecular flexibility index (Phi) is 17.2. The maximum absolute atomic E-state index is 12.1. The number of carbonyl (C=O) groups is 1. The number of hydrogen-bond donors (Lipinski definition) is 1. The van der Waals surface area contributed by atoms with Gasteiger partial charge in [0.25, 0.3) is 0 Å². The monoisotopic (exact) mass is 497 g/mol. The van der Waals surface area contributed by atoms with Crippen LogP contribution in [0.3, 0.4) is 0 Å². The van der Waals surface area contributed by atoms with Crippen LogP contribution in [0, 0.1) is 0 Å². The number of carbonyl (C=O) groups excluding carboxylic acids is 1. The van der Waals surface area contributed by atoms with Crippen LogP contribution in [0.25, 0.3) is 0 Å². The summed E-state index contributed by atoms with van der Waals surface area (Å²) in [6, 6.07) is 7.31. The molecule has 0 radical (unpaired) electrons. The molecule has 35 heavy (non-hydrogen) atoms. The van der Waals surface area contributed by atoms with Crippen molar-refractivity contribution in [3.05, 3.63) is 29.8 Å². The van der Waals surface area contributed by atoms with E-state index in [1.165, 1.54) is 0 Å². The summed E-state index contributed by atoms with van der Waals surface area (Å²) in [7, 11) is 0. The SMILES string of the molecule is CCCCNc1ccc(C(=O)OCCOCCOCCOCCOCCOC2CCCCO2)cc1. The van der Waals surface area contributed by atoms with Crippen molar-refractivity contribution in [1.29, 1.82) is 0 Å². The molecule has 0 aromatic heterocycles. The van der Waals surface area contributed by atoms with Gasteiger partial charge in [-0.25, -0.2) is 4.79 Å². The molecule has 1 atom stereocenters. The summed E-state index contributed by atoms with van der Waals surface area (Å²) in [5.41, 5.74) is 1.53. The summed E-state index contributed by atoms with van der Waals surface area (Å²) in [6.07, 6.45) is 5.44. The van der Waals surface area contributed by atoms with Crippen LogP contribution in [0.5, 0.6) is 0 Å². The Morgan fingerprint density at radius 3 is 2.03 bits per heavy atom. The van der Waals surface area contributed by atoms with Gasteiger partial charge < -0.3 is 38.5 Å². The van der Waals surface area contributed by atoms with Crippen molar-refractivity contribution in [2.24, 2.45) is 0 Å². The summed E-state index contributed by atoms with van der Waals surface area (Å²) in [5, 5.41) is 3.32. The first kappa shape index (κ1) is 29.5. The molecule has 1 fully saturated rings. The van der Waals surface area contributed by atoms with Crippen LogP contribution in [0.2, 0.25) is 0 Å². The van der Waals surface area contributed by atoms with Crippen molar-refractivity contribution < 1.29 is 38.0 Å². The summed E-state index contributed by atoms with van der Waals surface area (Å²) in [5.74, 6) is -0.350. The van der Waals surface area contributed by atoms with E-state index in [-0.39, 0.29) is 18.9 Å². The van der Waals surface area contributed by atoms with E-state index in [9.17, 15) is 4.79 Å². The summed E-state index contributed by atoms with van der Waals surface area (Å²) < 4.78 is 38.1. The fourth-order valence-corrected chi connectivity index (χ4v) is 3.25. The minimum Gasteiger partial charge on any atom is -0.460 e. The van der Waals surface area contributed by atoms with Crippen LogP contribution in [0.15, 0.2) is 24.3 Å². The lowest BCUT2D eigenvalue weighted by Crippen LogP contribution is -2.24. The Bertz CT molecular complexity index is 637. The molecule has 0 bridgehead atoms. The van der Waals surface area contributed by atoms with Crippen molar-refractivity contribution in [3.63, 3.8) is 0 Å². The highest BCUT2D eigenvalue weighted by Gasteiger charge is 2.13. The molecule has 2 rings (SSSR count). The molecule has 0 spiro atoms. The molecule has 1 aromatic rings. The van der Waals surface area contributed by atoms with Crippen LogP contribution < -0.4 is 5.32 Å². The molecule has 200 valence electrons. The Hall–Kier alpha value is -1.75. The van der Waals surface area contributed by atoms with Crippen LogP contribution in [-0.4, -0.2) is 91.5 Å². The average Bonchev–Trinajstić information content (AvgIpc) is 2.89. The first-order chi connectivity index (χ1) is 17.3. The van der Waals surface area contributed by atoms with Gasteiger partial charge in [-0.1, -0.05) is 13.3 Å². The van der Waals surface area contributed by atoms with E-state index in [1.54, 1.807) is 12.1 Å². The quantitative estimate of drug-likeness (QED) is 0.202. The van der Waals surface area contributed by atoms with Gasteiger partial charge in [-0.15, -0.1) is 0 Å². The Morgan fingerprint density at radius 2 is 1.46 bits per heavy atom. The number of anilines is 1. The van der Waals surface area contributed by atoms with Gasteiger partial charge in [-0.2, -0.15) is 0 Å². The van der Waals surface area contributed by atoms with Crippen molar-refractivity contribution in [1.82, 2.24) is 0 Å². The van der Waals surface area contributed by atoms with E-state index in [0.29, 0.717) is 65.0 Å². The molecule has 1 N–H and O–H groups in total. The average molecular weight is 498 g/mol. The zero-order chi connectivity index (χ0) is 24.8. The molecule has 1 saturated heterocycles. The Labute approximate surface area is 209 Å². The highest BCUT2D eigenvalue weighted by atomic mass is 16.7. The number of hydrogen-bond acceptors (Lipinski definition) is 9. The van der Waals surface area contributed by atoms with Crippen LogP contribution in [0.1, 0.15) is 49.4 Å². The third-order valence-corrected chi connectivity index (χ3v) is 5.23. The fraction of sp³-hybridized carbons (Fsp3) is 0.731. The largest absolute Gasteiger partial charge is 0.460 e. The summed E-state index contributed by atoms with van der Waals surface area (Å²) in [4.78, 5) is 12.1. The minimum absolute atomic E-state index is 0.0689. The van der Waals surface area contributed by atoms with E-state index in [0.717, 1.165) is 50.9 Å². The van der Waals surface area contributed by atoms with Gasteiger partial charge in [-0.05, 0) is 49.9 Å². The molecule has 1 aromatic carbocycles. The maximum Gasteiger partial charge on any atom is 0.338 e. The third kappa shape index (κ3) is 15.1. The molecular formula is C26H43NO8. The number of benzene rings is 1. The van der Waals surface area contributed by atoms with Gasteiger partial charge in [0.2, 0.25) is 0 Å². The third-order valence-electron chi connectivity index (χ3n) is 5.23. The molecular weight excluding hydrogens is 454 g/mol. The second-order valence-corrected chi connectivity index (χ2v) is 8.11. The molecule has 1 aliphatic rings. The smallest absolute Gasteiger partial charge is 0.338 e. The van der Waals surface area contributed by atoms with Gasteiger partial charge in [-0.3, -0.25) is 0 Å². The van der Waals surface area contributed by atoms with Crippen LogP contribution >= 0.6 is 0 Å². The Balaban J connectivity index is 1.30. The van der Waals surface area contributed by atoms with Crippen molar-refractivity contribution in [2.45, 2.75) is 45.3 Å². The number of unbranched alkanes of at least 4 members (excludes halogenated alkanes) is 1. The van der Waals surface area contributed by atoms with E-state index in [4.69, 9.17) is 33.2 Å². The predicted octanol–water partition coefficient (Wildman–Crippen LogP) is 3.67. The number of ether oxygens (including phenoxy) is 7. The van der Waals surface area contributed by atoms with E-state index in [1.807, 2.05) is 12.1 Å². The molecule has 1 unspecified atom stereocenters. The second kappa shape index (κ2) is 20.4. The lowest BCUT2D eigenvalue weighted by atomic mass is 10.2. The van der Waals surface area contributed by atoms with Crippen LogP contribution in [-0.2, 0) is 33.2 Å². The van der Waals surface area contributed by atoms with Crippen molar-refractivity contribution in [3.8, 4) is 0 Å². The topological polar surface area (TPSA) is 93.7 Å². The first-order valence-corrected chi connectivity index (χ1v) is 12.8. The molecule has 0 saturated carbocycles. The molecule has 0 aliphatic carbocycles. The first-order valence-electron chi connectivity index (χ1n) is 12.8. The van der Waals surface area contributed by atoms with Crippen LogP contribution in [0.4, 0.5) is 5.69 Å².